The maximum Gasteiger partial charge on any atom is 0.356 e. The molecule has 2 N–H and O–H groups in total. The Bertz CT molecular complexity index is 659. The number of carbonyl (C=O) groups is 1. The molecule has 1 aromatic carbocycles. The zero-order valence-corrected chi connectivity index (χ0v) is 11.0. The Morgan fingerprint density at radius 3 is 2.70 bits per heavy atom. The number of methoxy groups -OCH3 is 1. The lowest BCUT2D eigenvalue weighted by atomic mass is 10.2. The van der Waals surface area contributed by atoms with Crippen molar-refractivity contribution in [1.82, 2.24) is 4.98 Å². The van der Waals surface area contributed by atoms with E-state index in [1.165, 1.54) is 25.3 Å². The molecule has 0 radical (unpaired) electrons. The predicted octanol–water partition coefficient (Wildman–Crippen LogP) is 2.69. The summed E-state index contributed by atoms with van der Waals surface area (Å²) in [6, 6.07) is 7.28. The van der Waals surface area contributed by atoms with Gasteiger partial charge in [0.25, 0.3) is 0 Å². The van der Waals surface area contributed by atoms with Crippen LogP contribution in [0.2, 0.25) is 0 Å². The number of hydrogen-bond donors (Lipinski definition) is 1. The van der Waals surface area contributed by atoms with E-state index in [1.54, 1.807) is 19.1 Å². The number of nitrogen functional groups attached to an aromatic ring is 1. The zero-order chi connectivity index (χ0) is 14.7. The molecule has 20 heavy (non-hydrogen) atoms. The zero-order valence-electron chi connectivity index (χ0n) is 11.0. The molecule has 0 fully saturated rings. The number of ether oxygens (including phenoxy) is 2. The van der Waals surface area contributed by atoms with Crippen molar-refractivity contribution in [2.45, 2.75) is 6.92 Å². The summed E-state index contributed by atoms with van der Waals surface area (Å²) in [5.74, 6) is -0.736. The molecule has 0 atom stereocenters. The molecule has 0 aliphatic heterocycles. The summed E-state index contributed by atoms with van der Waals surface area (Å²) in [4.78, 5) is 15.3. The Balaban J connectivity index is 2.32. The summed E-state index contributed by atoms with van der Waals surface area (Å²) in [5, 5.41) is 0. The first-order valence-electron chi connectivity index (χ1n) is 5.80. The molecule has 0 spiro atoms. The van der Waals surface area contributed by atoms with E-state index in [2.05, 4.69) is 9.72 Å². The van der Waals surface area contributed by atoms with E-state index < -0.39 is 11.8 Å². The lowest BCUT2D eigenvalue weighted by Gasteiger charge is -2.09. The molecule has 0 aliphatic carbocycles. The van der Waals surface area contributed by atoms with Crippen molar-refractivity contribution in [3.63, 3.8) is 0 Å². The number of pyridine rings is 1. The molecule has 1 heterocycles. The Morgan fingerprint density at radius 1 is 1.30 bits per heavy atom. The molecule has 1 aromatic heterocycles. The number of hydrogen-bond acceptors (Lipinski definition) is 5. The molecule has 0 saturated carbocycles. The number of benzene rings is 1. The molecule has 0 saturated heterocycles. The van der Waals surface area contributed by atoms with Gasteiger partial charge in [-0.05, 0) is 30.7 Å². The van der Waals surface area contributed by atoms with Gasteiger partial charge >= 0.3 is 5.97 Å². The summed E-state index contributed by atoms with van der Waals surface area (Å²) >= 11 is 0. The van der Waals surface area contributed by atoms with Crippen molar-refractivity contribution in [2.24, 2.45) is 0 Å². The smallest absolute Gasteiger partial charge is 0.356 e. The third-order valence-electron chi connectivity index (χ3n) is 2.64. The molecule has 104 valence electrons. The molecule has 0 bridgehead atoms. The molecular weight excluding hydrogens is 263 g/mol. The van der Waals surface area contributed by atoms with E-state index in [1.807, 2.05) is 0 Å². The van der Waals surface area contributed by atoms with Crippen LogP contribution in [0.25, 0.3) is 0 Å². The van der Waals surface area contributed by atoms with E-state index in [4.69, 9.17) is 10.5 Å². The summed E-state index contributed by atoms with van der Waals surface area (Å²) in [6.07, 6.45) is 0. The second kappa shape index (κ2) is 5.56. The van der Waals surface area contributed by atoms with Crippen LogP contribution in [0.5, 0.6) is 11.6 Å². The second-order valence-electron chi connectivity index (χ2n) is 4.10. The standard InChI is InChI=1S/C14H13FN2O3/c1-8-3-4-9(7-10(8)15)20-13-11(16)5-6-12(17-13)14(18)19-2/h3-7H,16H2,1-2H3. The molecule has 0 aliphatic rings. The van der Waals surface area contributed by atoms with E-state index in [0.717, 1.165) is 0 Å². The van der Waals surface area contributed by atoms with Crippen LogP contribution in [-0.4, -0.2) is 18.1 Å². The van der Waals surface area contributed by atoms with Crippen molar-refractivity contribution in [3.8, 4) is 11.6 Å². The fourth-order valence-electron chi connectivity index (χ4n) is 1.50. The minimum Gasteiger partial charge on any atom is -0.464 e. The van der Waals surface area contributed by atoms with Crippen LogP contribution in [0.4, 0.5) is 10.1 Å². The van der Waals surface area contributed by atoms with Crippen LogP contribution in [-0.2, 0) is 4.74 Å². The number of aromatic nitrogens is 1. The van der Waals surface area contributed by atoms with Gasteiger partial charge in [-0.15, -0.1) is 0 Å². The third kappa shape index (κ3) is 2.85. The first-order chi connectivity index (χ1) is 9.51. The highest BCUT2D eigenvalue weighted by Gasteiger charge is 2.12. The van der Waals surface area contributed by atoms with Crippen LogP contribution >= 0.6 is 0 Å². The number of anilines is 1. The highest BCUT2D eigenvalue weighted by atomic mass is 19.1. The van der Waals surface area contributed by atoms with Gasteiger partial charge in [-0.3, -0.25) is 0 Å². The first-order valence-corrected chi connectivity index (χ1v) is 5.80. The number of rotatable bonds is 3. The highest BCUT2D eigenvalue weighted by Crippen LogP contribution is 2.26. The fourth-order valence-corrected chi connectivity index (χ4v) is 1.50. The third-order valence-corrected chi connectivity index (χ3v) is 2.64. The van der Waals surface area contributed by atoms with Crippen molar-refractivity contribution >= 4 is 11.7 Å². The van der Waals surface area contributed by atoms with Gasteiger partial charge in [0.05, 0.1) is 12.8 Å². The number of aryl methyl sites for hydroxylation is 1. The molecule has 5 nitrogen and oxygen atoms in total. The topological polar surface area (TPSA) is 74.4 Å². The lowest BCUT2D eigenvalue weighted by molar-refractivity contribution is 0.0593. The highest BCUT2D eigenvalue weighted by molar-refractivity contribution is 5.87. The normalized spacial score (nSPS) is 10.2. The van der Waals surface area contributed by atoms with Crippen LogP contribution in [0.15, 0.2) is 30.3 Å². The van der Waals surface area contributed by atoms with Crippen LogP contribution in [0.1, 0.15) is 16.1 Å². The van der Waals surface area contributed by atoms with Gasteiger partial charge in [0.15, 0.2) is 5.69 Å². The van der Waals surface area contributed by atoms with Crippen molar-refractivity contribution < 1.29 is 18.7 Å². The van der Waals surface area contributed by atoms with Gasteiger partial charge < -0.3 is 15.2 Å². The van der Waals surface area contributed by atoms with Gasteiger partial charge in [-0.1, -0.05) is 6.07 Å². The van der Waals surface area contributed by atoms with Crippen LogP contribution < -0.4 is 10.5 Å². The summed E-state index contributed by atoms with van der Waals surface area (Å²) in [6.45, 7) is 1.64. The minimum atomic E-state index is -0.607. The van der Waals surface area contributed by atoms with E-state index >= 15 is 0 Å². The number of nitrogens with zero attached hydrogens (tertiary/aromatic N) is 1. The maximum absolute atomic E-state index is 13.4. The Kier molecular flexibility index (Phi) is 3.84. The van der Waals surface area contributed by atoms with Crippen LogP contribution in [0, 0.1) is 12.7 Å². The quantitative estimate of drug-likeness (QED) is 0.872. The summed E-state index contributed by atoms with van der Waals surface area (Å²) in [7, 11) is 1.25. The number of carbonyl (C=O) groups excluding carboxylic acids is 1. The molecule has 0 amide bonds. The van der Waals surface area contributed by atoms with Crippen molar-refractivity contribution in [3.05, 3.63) is 47.4 Å². The molecular formula is C14H13FN2O3. The molecule has 2 rings (SSSR count). The monoisotopic (exact) mass is 276 g/mol. The number of nitrogens with two attached hydrogens (primary N) is 1. The Hall–Kier alpha value is -2.63. The van der Waals surface area contributed by atoms with Gasteiger partial charge in [0.1, 0.15) is 11.6 Å². The number of esters is 1. The van der Waals surface area contributed by atoms with Gasteiger partial charge in [0, 0.05) is 6.07 Å². The predicted molar refractivity (Wildman–Crippen MR) is 71.2 cm³/mol. The second-order valence-corrected chi connectivity index (χ2v) is 4.10. The summed E-state index contributed by atoms with van der Waals surface area (Å²) in [5.41, 5.74) is 6.51. The molecule has 6 heteroatoms. The van der Waals surface area contributed by atoms with Gasteiger partial charge in [-0.2, -0.15) is 0 Å². The van der Waals surface area contributed by atoms with Crippen LogP contribution in [0.3, 0.4) is 0 Å². The first kappa shape index (κ1) is 13.8. The number of halogens is 1. The average molecular weight is 276 g/mol. The van der Waals surface area contributed by atoms with E-state index in [9.17, 15) is 9.18 Å². The molecule has 2 aromatic rings. The van der Waals surface area contributed by atoms with E-state index in [0.29, 0.717) is 5.56 Å². The van der Waals surface area contributed by atoms with Gasteiger partial charge in [0.2, 0.25) is 5.88 Å². The summed E-state index contributed by atoms with van der Waals surface area (Å²) < 4.78 is 23.4. The molecule has 0 unspecified atom stereocenters. The van der Waals surface area contributed by atoms with Gasteiger partial charge in [-0.25, -0.2) is 14.2 Å². The Labute approximate surface area is 115 Å². The van der Waals surface area contributed by atoms with E-state index in [-0.39, 0.29) is 23.0 Å². The lowest BCUT2D eigenvalue weighted by Crippen LogP contribution is -2.06. The minimum absolute atomic E-state index is 0.0242. The van der Waals surface area contributed by atoms with Crippen molar-refractivity contribution in [2.75, 3.05) is 12.8 Å². The largest absolute Gasteiger partial charge is 0.464 e. The Morgan fingerprint density at radius 2 is 2.05 bits per heavy atom. The SMILES string of the molecule is COC(=O)c1ccc(N)c(Oc2ccc(C)c(F)c2)n1. The van der Waals surface area contributed by atoms with Crippen molar-refractivity contribution in [1.29, 1.82) is 0 Å². The maximum atomic E-state index is 13.4. The fraction of sp³-hybridized carbons (Fsp3) is 0.143. The average Bonchev–Trinajstić information content (AvgIpc) is 2.44.